The van der Waals surface area contributed by atoms with Crippen LogP contribution in [0.4, 0.5) is 5.69 Å². The first kappa shape index (κ1) is 24.2. The van der Waals surface area contributed by atoms with Crippen LogP contribution in [0.25, 0.3) is 0 Å². The van der Waals surface area contributed by atoms with Crippen molar-refractivity contribution < 1.29 is 19.1 Å². The molecule has 0 aromatic heterocycles. The fourth-order valence-electron chi connectivity index (χ4n) is 5.56. The quantitative estimate of drug-likeness (QED) is 0.632. The third-order valence-corrected chi connectivity index (χ3v) is 7.77. The highest BCUT2D eigenvalue weighted by Crippen LogP contribution is 2.31. The molecule has 1 aromatic carbocycles. The summed E-state index contributed by atoms with van der Waals surface area (Å²) in [5, 5.41) is 2.94. The van der Waals surface area contributed by atoms with Crippen molar-refractivity contribution in [3.63, 3.8) is 0 Å². The Kier molecular flexibility index (Phi) is 6.35. The van der Waals surface area contributed by atoms with Gasteiger partial charge in [0, 0.05) is 50.0 Å². The first-order valence-electron chi connectivity index (χ1n) is 12.7. The molecule has 3 N–H and O–H groups in total. The van der Waals surface area contributed by atoms with Gasteiger partial charge >= 0.3 is 0 Å². The first-order valence-corrected chi connectivity index (χ1v) is 12.7. The Morgan fingerprint density at radius 1 is 1.09 bits per heavy atom. The van der Waals surface area contributed by atoms with Crippen LogP contribution in [0.3, 0.4) is 0 Å². The van der Waals surface area contributed by atoms with E-state index >= 15 is 0 Å². The van der Waals surface area contributed by atoms with Crippen LogP contribution < -0.4 is 16.0 Å². The van der Waals surface area contributed by atoms with Gasteiger partial charge in [-0.1, -0.05) is 20.8 Å². The number of hydrogen-bond acceptors (Lipinski definition) is 7. The number of ether oxygens (including phenoxy) is 1. The normalized spacial score (nSPS) is 28.2. The number of amides is 2. The van der Waals surface area contributed by atoms with Gasteiger partial charge in [0.1, 0.15) is 24.8 Å². The van der Waals surface area contributed by atoms with E-state index in [1.165, 1.54) is 17.7 Å². The molecule has 0 bridgehead atoms. The van der Waals surface area contributed by atoms with Crippen molar-refractivity contribution in [1.29, 1.82) is 0 Å². The minimum absolute atomic E-state index is 0.0265. The largest absolute Gasteiger partial charge is 0.369 e. The molecule has 9 heteroatoms. The molecule has 3 heterocycles. The summed E-state index contributed by atoms with van der Waals surface area (Å²) in [6.07, 6.45) is 2.19. The van der Waals surface area contributed by atoms with Crippen LogP contribution >= 0.6 is 0 Å². The number of nitrogens with two attached hydrogens (primary N) is 1. The number of nitrogens with one attached hydrogen (secondary N) is 1. The number of rotatable bonds is 5. The van der Waals surface area contributed by atoms with Crippen molar-refractivity contribution in [2.75, 3.05) is 44.2 Å². The Bertz CT molecular complexity index is 978. The van der Waals surface area contributed by atoms with Crippen LogP contribution in [0, 0.1) is 5.41 Å². The zero-order valence-corrected chi connectivity index (χ0v) is 20.9. The average molecular weight is 484 g/mol. The molecule has 1 saturated carbocycles. The van der Waals surface area contributed by atoms with E-state index in [0.717, 1.165) is 37.9 Å². The van der Waals surface area contributed by atoms with Crippen molar-refractivity contribution in [1.82, 2.24) is 15.1 Å². The minimum atomic E-state index is -0.801. The molecule has 3 aliphatic heterocycles. The summed E-state index contributed by atoms with van der Waals surface area (Å²) < 4.78 is 5.52. The maximum atomic E-state index is 13.6. The fourth-order valence-corrected chi connectivity index (χ4v) is 5.56. The molecule has 4 fully saturated rings. The Labute approximate surface area is 206 Å². The summed E-state index contributed by atoms with van der Waals surface area (Å²) in [6, 6.07) is 6.51. The summed E-state index contributed by atoms with van der Waals surface area (Å²) in [6.45, 7) is 10.1. The van der Waals surface area contributed by atoms with Gasteiger partial charge in [-0.2, -0.15) is 0 Å². The molecule has 2 amide bonds. The van der Waals surface area contributed by atoms with E-state index in [2.05, 4.69) is 15.1 Å². The number of hydrogen-bond donors (Lipinski definition) is 2. The third-order valence-electron chi connectivity index (χ3n) is 7.77. The summed E-state index contributed by atoms with van der Waals surface area (Å²) in [5.74, 6) is -0.737. The van der Waals surface area contributed by atoms with Crippen LogP contribution in [-0.2, 0) is 14.3 Å². The van der Waals surface area contributed by atoms with Gasteiger partial charge in [0.25, 0.3) is 5.91 Å². The number of likely N-dealkylation sites (tertiary alicyclic amines) is 1. The van der Waals surface area contributed by atoms with Crippen LogP contribution in [0.1, 0.15) is 44.0 Å². The third kappa shape index (κ3) is 4.81. The highest BCUT2D eigenvalue weighted by Gasteiger charge is 2.53. The molecule has 5 rings (SSSR count). The highest BCUT2D eigenvalue weighted by atomic mass is 16.5. The molecule has 3 saturated heterocycles. The smallest absolute Gasteiger partial charge is 0.251 e. The van der Waals surface area contributed by atoms with Crippen molar-refractivity contribution in [3.8, 4) is 0 Å². The molecule has 0 radical (unpaired) electrons. The van der Waals surface area contributed by atoms with Gasteiger partial charge in [0.2, 0.25) is 5.91 Å². The summed E-state index contributed by atoms with van der Waals surface area (Å²) >= 11 is 0. The summed E-state index contributed by atoms with van der Waals surface area (Å²) in [4.78, 5) is 45.6. The van der Waals surface area contributed by atoms with Crippen molar-refractivity contribution >= 4 is 23.3 Å². The topological polar surface area (TPSA) is 108 Å². The summed E-state index contributed by atoms with van der Waals surface area (Å²) in [5.41, 5.74) is 7.20. The molecule has 4 aliphatic rings. The van der Waals surface area contributed by atoms with E-state index in [-0.39, 0.29) is 30.7 Å². The molecule has 190 valence electrons. The number of piperazine rings is 1. The second kappa shape index (κ2) is 9.19. The predicted molar refractivity (Wildman–Crippen MR) is 132 cm³/mol. The molecule has 0 spiro atoms. The van der Waals surface area contributed by atoms with E-state index < -0.39 is 29.6 Å². The lowest BCUT2D eigenvalue weighted by atomic mass is 9.85. The van der Waals surface area contributed by atoms with Crippen molar-refractivity contribution in [3.05, 3.63) is 29.8 Å². The van der Waals surface area contributed by atoms with Gasteiger partial charge in [-0.3, -0.25) is 19.3 Å². The molecule has 4 atom stereocenters. The minimum Gasteiger partial charge on any atom is -0.369 e. The van der Waals surface area contributed by atoms with Crippen LogP contribution in [0.15, 0.2) is 24.3 Å². The number of nitrogens with zero attached hydrogens (tertiary/aromatic N) is 3. The number of benzene rings is 1. The Morgan fingerprint density at radius 3 is 2.34 bits per heavy atom. The van der Waals surface area contributed by atoms with Gasteiger partial charge in [0.05, 0.1) is 6.04 Å². The van der Waals surface area contributed by atoms with Gasteiger partial charge in [-0.05, 0) is 42.5 Å². The first-order chi connectivity index (χ1) is 16.6. The second-order valence-electron chi connectivity index (χ2n) is 11.4. The van der Waals surface area contributed by atoms with Gasteiger partial charge < -0.3 is 25.6 Å². The van der Waals surface area contributed by atoms with Crippen molar-refractivity contribution in [2.45, 2.75) is 63.9 Å². The zero-order chi connectivity index (χ0) is 24.9. The fraction of sp³-hybridized carbons (Fsp3) is 0.654. The Hall–Kier alpha value is -2.49. The number of carbonyl (C=O) groups excluding carboxylic acids is 3. The number of carbonyl (C=O) groups is 3. The van der Waals surface area contributed by atoms with E-state index in [1.807, 2.05) is 45.0 Å². The van der Waals surface area contributed by atoms with Crippen molar-refractivity contribution in [2.24, 2.45) is 11.1 Å². The molecule has 1 aliphatic carbocycles. The molecule has 35 heavy (non-hydrogen) atoms. The van der Waals surface area contributed by atoms with Gasteiger partial charge in [-0.15, -0.1) is 0 Å². The standard InChI is InChI=1S/C26H37N5O4/c1-26(2,3)23(25(34)31-14-19(27)22-21(31)20(32)15-35-22)28-24(33)16-4-6-17(7-5-16)29-10-12-30(13-11-29)18-8-9-18/h4-7,18-19,21-23H,8-15,27H2,1-3H3,(H,28,33)/t19-,21-,22-,23?/m1/s1. The Morgan fingerprint density at radius 2 is 1.74 bits per heavy atom. The number of anilines is 1. The lowest BCUT2D eigenvalue weighted by molar-refractivity contribution is -0.140. The molecular weight excluding hydrogens is 446 g/mol. The average Bonchev–Trinajstić information content (AvgIpc) is 3.54. The lowest BCUT2D eigenvalue weighted by Gasteiger charge is -2.36. The molecule has 9 nitrogen and oxygen atoms in total. The van der Waals surface area contributed by atoms with Crippen LogP contribution in [0.5, 0.6) is 0 Å². The molecule has 1 unspecified atom stereocenters. The van der Waals surface area contributed by atoms with E-state index in [0.29, 0.717) is 5.56 Å². The molecule has 1 aromatic rings. The van der Waals surface area contributed by atoms with E-state index in [9.17, 15) is 14.4 Å². The summed E-state index contributed by atoms with van der Waals surface area (Å²) in [7, 11) is 0. The SMILES string of the molecule is CC(C)(C)C(NC(=O)c1ccc(N2CCN(C3CC3)CC2)cc1)C(=O)N1C[C@@H](N)[C@H]2OCC(=O)[C@H]21. The number of Topliss-reactive ketones (excluding diaryl/α,β-unsaturated/α-hetero) is 1. The Balaban J connectivity index is 1.25. The maximum absolute atomic E-state index is 13.6. The maximum Gasteiger partial charge on any atom is 0.251 e. The van der Waals surface area contributed by atoms with E-state index in [4.69, 9.17) is 10.5 Å². The lowest BCUT2D eigenvalue weighted by Crippen LogP contribution is -2.57. The highest BCUT2D eigenvalue weighted by molar-refractivity contribution is 5.99. The zero-order valence-electron chi connectivity index (χ0n) is 20.9. The monoisotopic (exact) mass is 483 g/mol. The van der Waals surface area contributed by atoms with E-state index in [1.54, 1.807) is 0 Å². The number of ketones is 1. The number of fused-ring (bicyclic) bond motifs is 1. The van der Waals surface area contributed by atoms with Crippen LogP contribution in [-0.4, -0.2) is 97.0 Å². The second-order valence-corrected chi connectivity index (χ2v) is 11.4. The van der Waals surface area contributed by atoms with Gasteiger partial charge in [0.15, 0.2) is 5.78 Å². The predicted octanol–water partition coefficient (Wildman–Crippen LogP) is 0.622. The van der Waals surface area contributed by atoms with Crippen LogP contribution in [0.2, 0.25) is 0 Å². The molecular formula is C26H37N5O4. The van der Waals surface area contributed by atoms with Gasteiger partial charge in [-0.25, -0.2) is 0 Å².